The second kappa shape index (κ2) is 8.56. The maximum absolute atomic E-state index is 13.4. The van der Waals surface area contributed by atoms with Gasteiger partial charge in [0.1, 0.15) is 11.6 Å². The second-order valence-electron chi connectivity index (χ2n) is 6.37. The number of anilines is 3. The molecular weight excluding hydrogens is 390 g/mol. The van der Waals surface area contributed by atoms with Gasteiger partial charge in [-0.05, 0) is 42.0 Å². The van der Waals surface area contributed by atoms with E-state index in [1.807, 2.05) is 30.3 Å². The number of H-pyrrole nitrogens is 1. The van der Waals surface area contributed by atoms with Gasteiger partial charge >= 0.3 is 0 Å². The lowest BCUT2D eigenvalue weighted by molar-refractivity contribution is 0.415. The molecule has 7 nitrogen and oxygen atoms in total. The van der Waals surface area contributed by atoms with Gasteiger partial charge in [0.2, 0.25) is 5.95 Å². The van der Waals surface area contributed by atoms with E-state index < -0.39 is 11.6 Å². The van der Waals surface area contributed by atoms with Crippen molar-refractivity contribution in [3.05, 3.63) is 78.0 Å². The maximum atomic E-state index is 13.4. The number of hydrogen-bond acceptors (Lipinski definition) is 6. The molecule has 30 heavy (non-hydrogen) atoms. The molecule has 0 spiro atoms. The van der Waals surface area contributed by atoms with Crippen molar-refractivity contribution in [3.63, 3.8) is 0 Å². The SMILES string of the molecule is COc1cccc(Nc2n[nH]c(-c3cccnc3NCc3ccc(F)c(F)c3)n2)c1. The van der Waals surface area contributed by atoms with Crippen LogP contribution >= 0.6 is 0 Å². The van der Waals surface area contributed by atoms with E-state index in [0.717, 1.165) is 17.8 Å². The standard InChI is InChI=1S/C21H18F2N6O/c1-30-15-5-2-4-14(11-15)26-21-27-20(28-29-21)16-6-3-9-24-19(16)25-12-13-7-8-17(22)18(23)10-13/h2-11H,12H2,1H3,(H,24,25)(H2,26,27,28,29). The fraction of sp³-hybridized carbons (Fsp3) is 0.0952. The van der Waals surface area contributed by atoms with Crippen LogP contribution in [-0.2, 0) is 6.54 Å². The number of hydrogen-bond donors (Lipinski definition) is 3. The number of aromatic nitrogens is 4. The summed E-state index contributed by atoms with van der Waals surface area (Å²) in [6, 6.07) is 14.8. The van der Waals surface area contributed by atoms with Crippen molar-refractivity contribution in [3.8, 4) is 17.1 Å². The second-order valence-corrected chi connectivity index (χ2v) is 6.37. The van der Waals surface area contributed by atoms with E-state index in [0.29, 0.717) is 34.5 Å². The van der Waals surface area contributed by atoms with Crippen LogP contribution in [0.5, 0.6) is 5.75 Å². The zero-order chi connectivity index (χ0) is 20.9. The van der Waals surface area contributed by atoms with Crippen molar-refractivity contribution >= 4 is 17.5 Å². The van der Waals surface area contributed by atoms with Gasteiger partial charge in [0, 0.05) is 24.5 Å². The molecule has 0 radical (unpaired) electrons. The van der Waals surface area contributed by atoms with Crippen molar-refractivity contribution < 1.29 is 13.5 Å². The van der Waals surface area contributed by atoms with Gasteiger partial charge in [-0.3, -0.25) is 5.10 Å². The first kappa shape index (κ1) is 19.3. The van der Waals surface area contributed by atoms with E-state index in [1.54, 1.807) is 19.4 Å². The highest BCUT2D eigenvalue weighted by Crippen LogP contribution is 2.25. The Morgan fingerprint density at radius 1 is 1.03 bits per heavy atom. The van der Waals surface area contributed by atoms with Gasteiger partial charge in [-0.2, -0.15) is 4.98 Å². The van der Waals surface area contributed by atoms with Crippen LogP contribution in [0.2, 0.25) is 0 Å². The molecule has 4 rings (SSSR count). The summed E-state index contributed by atoms with van der Waals surface area (Å²) < 4.78 is 31.7. The highest BCUT2D eigenvalue weighted by Gasteiger charge is 2.12. The van der Waals surface area contributed by atoms with Gasteiger partial charge in [0.15, 0.2) is 17.5 Å². The lowest BCUT2D eigenvalue weighted by atomic mass is 10.2. The molecule has 0 fully saturated rings. The first-order valence-electron chi connectivity index (χ1n) is 9.09. The Kier molecular flexibility index (Phi) is 5.51. The van der Waals surface area contributed by atoms with Crippen molar-refractivity contribution in [2.45, 2.75) is 6.54 Å². The number of benzene rings is 2. The minimum atomic E-state index is -0.890. The number of nitrogens with one attached hydrogen (secondary N) is 3. The minimum Gasteiger partial charge on any atom is -0.497 e. The van der Waals surface area contributed by atoms with Crippen LogP contribution < -0.4 is 15.4 Å². The van der Waals surface area contributed by atoms with Gasteiger partial charge in [-0.1, -0.05) is 12.1 Å². The van der Waals surface area contributed by atoms with Gasteiger partial charge in [-0.15, -0.1) is 5.10 Å². The quantitative estimate of drug-likeness (QED) is 0.417. The minimum absolute atomic E-state index is 0.268. The molecule has 0 saturated carbocycles. The summed E-state index contributed by atoms with van der Waals surface area (Å²) in [6.45, 7) is 0.268. The molecule has 152 valence electrons. The molecule has 2 heterocycles. The Hall–Kier alpha value is -4.01. The third-order valence-electron chi connectivity index (χ3n) is 4.32. The Bertz CT molecular complexity index is 1160. The third-order valence-corrected chi connectivity index (χ3v) is 4.32. The van der Waals surface area contributed by atoms with Gasteiger partial charge in [-0.25, -0.2) is 13.8 Å². The topological polar surface area (TPSA) is 87.8 Å². The van der Waals surface area contributed by atoms with E-state index in [1.165, 1.54) is 6.07 Å². The number of aromatic amines is 1. The van der Waals surface area contributed by atoms with E-state index in [4.69, 9.17) is 4.74 Å². The average Bonchev–Trinajstić information content (AvgIpc) is 3.23. The molecule has 2 aromatic heterocycles. The van der Waals surface area contributed by atoms with Crippen molar-refractivity contribution in [1.29, 1.82) is 0 Å². The number of ether oxygens (including phenoxy) is 1. The van der Waals surface area contributed by atoms with Crippen LogP contribution in [0, 0.1) is 11.6 Å². The number of halogens is 2. The summed E-state index contributed by atoms with van der Waals surface area (Å²) in [5.41, 5.74) is 2.05. The number of methoxy groups -OCH3 is 1. The van der Waals surface area contributed by atoms with Crippen LogP contribution in [0.25, 0.3) is 11.4 Å². The van der Waals surface area contributed by atoms with Crippen molar-refractivity contribution in [2.24, 2.45) is 0 Å². The molecule has 4 aromatic rings. The first-order chi connectivity index (χ1) is 14.6. The predicted octanol–water partition coefficient (Wildman–Crippen LogP) is 4.51. The van der Waals surface area contributed by atoms with Gasteiger partial charge < -0.3 is 15.4 Å². The maximum Gasteiger partial charge on any atom is 0.246 e. The molecule has 0 aliphatic rings. The molecule has 0 amide bonds. The molecule has 0 atom stereocenters. The molecule has 0 aliphatic carbocycles. The predicted molar refractivity (Wildman–Crippen MR) is 110 cm³/mol. The lowest BCUT2D eigenvalue weighted by Crippen LogP contribution is -2.04. The Morgan fingerprint density at radius 3 is 2.77 bits per heavy atom. The van der Waals surface area contributed by atoms with Crippen LogP contribution in [0.4, 0.5) is 26.2 Å². The van der Waals surface area contributed by atoms with Crippen LogP contribution in [0.15, 0.2) is 60.8 Å². The summed E-state index contributed by atoms with van der Waals surface area (Å²) in [7, 11) is 1.60. The lowest BCUT2D eigenvalue weighted by Gasteiger charge is -2.09. The summed E-state index contributed by atoms with van der Waals surface area (Å²) in [5, 5.41) is 13.3. The van der Waals surface area contributed by atoms with Gasteiger partial charge in [0.05, 0.1) is 12.7 Å². The smallest absolute Gasteiger partial charge is 0.246 e. The molecule has 0 saturated heterocycles. The van der Waals surface area contributed by atoms with E-state index >= 15 is 0 Å². The Balaban J connectivity index is 1.51. The fourth-order valence-corrected chi connectivity index (χ4v) is 2.84. The molecule has 3 N–H and O–H groups in total. The van der Waals surface area contributed by atoms with Crippen molar-refractivity contribution in [1.82, 2.24) is 20.2 Å². The third kappa shape index (κ3) is 4.35. The Morgan fingerprint density at radius 2 is 1.93 bits per heavy atom. The molecule has 2 aromatic carbocycles. The van der Waals surface area contributed by atoms with Crippen LogP contribution in [-0.4, -0.2) is 27.3 Å². The average molecular weight is 408 g/mol. The van der Waals surface area contributed by atoms with E-state index in [2.05, 4.69) is 30.8 Å². The van der Waals surface area contributed by atoms with Crippen LogP contribution in [0.3, 0.4) is 0 Å². The van der Waals surface area contributed by atoms with E-state index in [9.17, 15) is 8.78 Å². The molecule has 0 bridgehead atoms. The largest absolute Gasteiger partial charge is 0.497 e. The molecular formula is C21H18F2N6O. The number of rotatable bonds is 7. The summed E-state index contributed by atoms with van der Waals surface area (Å²) >= 11 is 0. The van der Waals surface area contributed by atoms with Crippen molar-refractivity contribution in [2.75, 3.05) is 17.7 Å². The molecule has 0 unspecified atom stereocenters. The zero-order valence-electron chi connectivity index (χ0n) is 16.0. The zero-order valence-corrected chi connectivity index (χ0v) is 16.0. The summed E-state index contributed by atoms with van der Waals surface area (Å²) in [5.74, 6) is 0.363. The number of nitrogens with zero attached hydrogens (tertiary/aromatic N) is 3. The normalized spacial score (nSPS) is 10.6. The Labute approximate surface area is 171 Å². The summed E-state index contributed by atoms with van der Waals surface area (Å²) in [6.07, 6.45) is 1.63. The molecule has 0 aliphatic heterocycles. The highest BCUT2D eigenvalue weighted by atomic mass is 19.2. The highest BCUT2D eigenvalue weighted by molar-refractivity contribution is 5.71. The first-order valence-corrected chi connectivity index (χ1v) is 9.09. The molecule has 9 heteroatoms. The summed E-state index contributed by atoms with van der Waals surface area (Å²) in [4.78, 5) is 8.79. The van der Waals surface area contributed by atoms with Crippen LogP contribution in [0.1, 0.15) is 5.56 Å². The van der Waals surface area contributed by atoms with E-state index in [-0.39, 0.29) is 6.54 Å². The number of pyridine rings is 1. The van der Waals surface area contributed by atoms with Gasteiger partial charge in [0.25, 0.3) is 0 Å². The fourth-order valence-electron chi connectivity index (χ4n) is 2.84. The monoisotopic (exact) mass is 408 g/mol.